The third-order valence-corrected chi connectivity index (χ3v) is 3.97. The lowest BCUT2D eigenvalue weighted by molar-refractivity contribution is -0.116. The number of methoxy groups -OCH3 is 1. The summed E-state index contributed by atoms with van der Waals surface area (Å²) in [5, 5.41) is 6.20. The number of hydrogen-bond donors (Lipinski definition) is 1. The average molecular weight is 316 g/mol. The fourth-order valence-electron chi connectivity index (χ4n) is 2.18. The lowest BCUT2D eigenvalue weighted by Gasteiger charge is -1.98. The van der Waals surface area contributed by atoms with E-state index in [1.54, 1.807) is 7.11 Å². The van der Waals surface area contributed by atoms with Gasteiger partial charge in [-0.25, -0.2) is 4.98 Å². The molecular weight excluding hydrogens is 300 g/mol. The van der Waals surface area contributed by atoms with Crippen LogP contribution in [-0.4, -0.2) is 18.0 Å². The number of furan rings is 1. The predicted molar refractivity (Wildman–Crippen MR) is 87.4 cm³/mol. The zero-order valence-electron chi connectivity index (χ0n) is 12.4. The van der Waals surface area contributed by atoms with Crippen LogP contribution in [0.2, 0.25) is 0 Å². The Hall–Kier alpha value is -2.34. The number of anilines is 1. The Balaban J connectivity index is 1.88. The third kappa shape index (κ3) is 2.82. The van der Waals surface area contributed by atoms with Gasteiger partial charge in [-0.2, -0.15) is 0 Å². The summed E-state index contributed by atoms with van der Waals surface area (Å²) < 4.78 is 11.1. The molecule has 0 aliphatic rings. The molecular formula is C16H16N2O3S. The Kier molecular flexibility index (Phi) is 4.11. The molecule has 22 heavy (non-hydrogen) atoms. The Morgan fingerprint density at radius 1 is 1.45 bits per heavy atom. The van der Waals surface area contributed by atoms with Gasteiger partial charge in [0.2, 0.25) is 5.91 Å². The van der Waals surface area contributed by atoms with E-state index in [0.29, 0.717) is 34.3 Å². The smallest absolute Gasteiger partial charge is 0.226 e. The lowest BCUT2D eigenvalue weighted by atomic mass is 10.2. The molecule has 1 amide bonds. The van der Waals surface area contributed by atoms with Gasteiger partial charge >= 0.3 is 0 Å². The van der Waals surface area contributed by atoms with Crippen LogP contribution >= 0.6 is 11.3 Å². The van der Waals surface area contributed by atoms with Gasteiger partial charge in [0.05, 0.1) is 7.11 Å². The molecule has 0 fully saturated rings. The summed E-state index contributed by atoms with van der Waals surface area (Å²) in [4.78, 5) is 16.0. The number of carbonyl (C=O) groups excluding carboxylic acids is 1. The first-order valence-corrected chi connectivity index (χ1v) is 7.91. The maximum atomic E-state index is 11.6. The van der Waals surface area contributed by atoms with Crippen molar-refractivity contribution >= 4 is 33.3 Å². The molecule has 5 nitrogen and oxygen atoms in total. The van der Waals surface area contributed by atoms with E-state index in [0.717, 1.165) is 11.8 Å². The Morgan fingerprint density at radius 2 is 2.32 bits per heavy atom. The summed E-state index contributed by atoms with van der Waals surface area (Å²) >= 11 is 1.38. The van der Waals surface area contributed by atoms with Gasteiger partial charge in [-0.05, 0) is 18.6 Å². The van der Waals surface area contributed by atoms with Crippen molar-refractivity contribution < 1.29 is 13.9 Å². The topological polar surface area (TPSA) is 64.4 Å². The molecule has 0 saturated carbocycles. The van der Waals surface area contributed by atoms with E-state index in [1.165, 1.54) is 11.3 Å². The van der Waals surface area contributed by atoms with Crippen molar-refractivity contribution in [2.45, 2.75) is 19.8 Å². The number of amides is 1. The fraction of sp³-hybridized carbons (Fsp3) is 0.250. The number of rotatable bonds is 5. The number of para-hydroxylation sites is 1. The van der Waals surface area contributed by atoms with Crippen molar-refractivity contribution in [2.24, 2.45) is 0 Å². The van der Waals surface area contributed by atoms with Crippen LogP contribution in [0.1, 0.15) is 19.8 Å². The molecule has 0 bridgehead atoms. The normalized spacial score (nSPS) is 10.8. The minimum absolute atomic E-state index is 0.0188. The Morgan fingerprint density at radius 3 is 3.09 bits per heavy atom. The first-order valence-electron chi connectivity index (χ1n) is 7.03. The minimum Gasteiger partial charge on any atom is -0.493 e. The highest BCUT2D eigenvalue weighted by Crippen LogP contribution is 2.34. The molecule has 0 radical (unpaired) electrons. The second-order valence-corrected chi connectivity index (χ2v) is 5.68. The zero-order chi connectivity index (χ0) is 15.5. The summed E-state index contributed by atoms with van der Waals surface area (Å²) in [5.41, 5.74) is 1.40. The van der Waals surface area contributed by atoms with Gasteiger partial charge in [-0.1, -0.05) is 19.1 Å². The molecule has 3 aromatic rings. The van der Waals surface area contributed by atoms with E-state index in [4.69, 9.17) is 9.15 Å². The predicted octanol–water partition coefficient (Wildman–Crippen LogP) is 4.30. The van der Waals surface area contributed by atoms with Crippen LogP contribution in [0.15, 0.2) is 34.1 Å². The van der Waals surface area contributed by atoms with E-state index in [1.807, 2.05) is 36.6 Å². The van der Waals surface area contributed by atoms with Gasteiger partial charge in [0.15, 0.2) is 22.2 Å². The minimum atomic E-state index is -0.0188. The van der Waals surface area contributed by atoms with Crippen molar-refractivity contribution in [3.63, 3.8) is 0 Å². The van der Waals surface area contributed by atoms with E-state index >= 15 is 0 Å². The number of benzene rings is 1. The number of nitrogens with one attached hydrogen (secondary N) is 1. The number of ether oxygens (including phenoxy) is 1. The Bertz CT molecular complexity index is 807. The molecule has 0 unspecified atom stereocenters. The molecule has 114 valence electrons. The molecule has 0 aliphatic heterocycles. The van der Waals surface area contributed by atoms with Crippen LogP contribution in [-0.2, 0) is 4.79 Å². The second kappa shape index (κ2) is 6.19. The molecule has 0 saturated heterocycles. The highest BCUT2D eigenvalue weighted by molar-refractivity contribution is 7.14. The van der Waals surface area contributed by atoms with Crippen LogP contribution in [0.25, 0.3) is 22.4 Å². The standard InChI is InChI=1S/C16H16N2O3S/c1-3-5-14(19)18-16-17-11(9-22-16)13-8-10-6-4-7-12(20-2)15(10)21-13/h4,6-9H,3,5H2,1-2H3,(H,17,18,19). The summed E-state index contributed by atoms with van der Waals surface area (Å²) in [7, 11) is 1.61. The molecule has 2 heterocycles. The van der Waals surface area contributed by atoms with Gasteiger partial charge < -0.3 is 14.5 Å². The van der Waals surface area contributed by atoms with Crippen molar-refractivity contribution in [3.8, 4) is 17.2 Å². The number of carbonyl (C=O) groups is 1. The molecule has 6 heteroatoms. The maximum absolute atomic E-state index is 11.6. The molecule has 1 aromatic carbocycles. The van der Waals surface area contributed by atoms with Crippen molar-refractivity contribution in [3.05, 3.63) is 29.6 Å². The van der Waals surface area contributed by atoms with Crippen molar-refractivity contribution in [2.75, 3.05) is 12.4 Å². The van der Waals surface area contributed by atoms with Crippen molar-refractivity contribution in [1.29, 1.82) is 0 Å². The third-order valence-electron chi connectivity index (χ3n) is 3.21. The highest BCUT2D eigenvalue weighted by Gasteiger charge is 2.13. The van der Waals surface area contributed by atoms with Crippen LogP contribution in [0.4, 0.5) is 5.13 Å². The van der Waals surface area contributed by atoms with Crippen LogP contribution in [0.3, 0.4) is 0 Å². The van der Waals surface area contributed by atoms with Gasteiger partial charge in [-0.3, -0.25) is 4.79 Å². The molecule has 3 rings (SSSR count). The largest absolute Gasteiger partial charge is 0.493 e. The number of fused-ring (bicyclic) bond motifs is 1. The summed E-state index contributed by atoms with van der Waals surface area (Å²) in [6, 6.07) is 7.65. The van der Waals surface area contributed by atoms with Gasteiger partial charge in [0.25, 0.3) is 0 Å². The monoisotopic (exact) mass is 316 g/mol. The molecule has 2 aromatic heterocycles. The molecule has 1 N–H and O–H groups in total. The molecule has 0 aliphatic carbocycles. The Labute approximate surface area is 131 Å². The first-order chi connectivity index (χ1) is 10.7. The molecule has 0 atom stereocenters. The summed E-state index contributed by atoms with van der Waals surface area (Å²) in [6.07, 6.45) is 1.31. The number of hydrogen-bond acceptors (Lipinski definition) is 5. The van der Waals surface area contributed by atoms with Gasteiger partial charge in [-0.15, -0.1) is 11.3 Å². The van der Waals surface area contributed by atoms with E-state index in [-0.39, 0.29) is 5.91 Å². The van der Waals surface area contributed by atoms with Crippen molar-refractivity contribution in [1.82, 2.24) is 4.98 Å². The number of nitrogens with zero attached hydrogens (tertiary/aromatic N) is 1. The maximum Gasteiger partial charge on any atom is 0.226 e. The summed E-state index contributed by atoms with van der Waals surface area (Å²) in [5.74, 6) is 1.33. The average Bonchev–Trinajstić information content (AvgIpc) is 3.13. The lowest BCUT2D eigenvalue weighted by Crippen LogP contribution is -2.10. The van der Waals surface area contributed by atoms with E-state index in [9.17, 15) is 4.79 Å². The zero-order valence-corrected chi connectivity index (χ0v) is 13.2. The van der Waals surface area contributed by atoms with Gasteiger partial charge in [0, 0.05) is 17.2 Å². The first kappa shape index (κ1) is 14.6. The SMILES string of the molecule is CCCC(=O)Nc1nc(-c2cc3cccc(OC)c3o2)cs1. The van der Waals surface area contributed by atoms with Gasteiger partial charge in [0.1, 0.15) is 5.69 Å². The van der Waals surface area contributed by atoms with E-state index < -0.39 is 0 Å². The summed E-state index contributed by atoms with van der Waals surface area (Å²) in [6.45, 7) is 1.97. The molecule has 0 spiro atoms. The quantitative estimate of drug-likeness (QED) is 0.762. The van der Waals surface area contributed by atoms with Crippen LogP contribution in [0.5, 0.6) is 5.75 Å². The van der Waals surface area contributed by atoms with E-state index in [2.05, 4.69) is 10.3 Å². The number of aromatic nitrogens is 1. The fourth-order valence-corrected chi connectivity index (χ4v) is 2.89. The second-order valence-electron chi connectivity index (χ2n) is 4.83. The number of thiazole rings is 1. The van der Waals surface area contributed by atoms with Crippen LogP contribution in [0, 0.1) is 0 Å². The van der Waals surface area contributed by atoms with Crippen LogP contribution < -0.4 is 10.1 Å². The highest BCUT2D eigenvalue weighted by atomic mass is 32.1.